The maximum atomic E-state index is 4.70. The predicted molar refractivity (Wildman–Crippen MR) is 109 cm³/mol. The molecule has 1 N–H and O–H groups in total. The molecule has 1 saturated heterocycles. The average Bonchev–Trinajstić information content (AvgIpc) is 3.15. The fourth-order valence-electron chi connectivity index (χ4n) is 3.78. The monoisotopic (exact) mass is 355 g/mol. The summed E-state index contributed by atoms with van der Waals surface area (Å²) in [6.45, 7) is 3.87. The van der Waals surface area contributed by atoms with Gasteiger partial charge in [0.25, 0.3) is 0 Å². The lowest BCUT2D eigenvalue weighted by Gasteiger charge is -2.29. The zero-order valence-corrected chi connectivity index (χ0v) is 15.0. The molecule has 5 heteroatoms. The Bertz CT molecular complexity index is 1050. The highest BCUT2D eigenvalue weighted by Crippen LogP contribution is 2.36. The van der Waals surface area contributed by atoms with Crippen molar-refractivity contribution in [3.63, 3.8) is 0 Å². The van der Waals surface area contributed by atoms with E-state index in [0.717, 1.165) is 48.7 Å². The highest BCUT2D eigenvalue weighted by atomic mass is 15.2. The van der Waals surface area contributed by atoms with Crippen LogP contribution in [0.5, 0.6) is 0 Å². The fourth-order valence-corrected chi connectivity index (χ4v) is 3.78. The predicted octanol–water partition coefficient (Wildman–Crippen LogP) is 3.50. The van der Waals surface area contributed by atoms with Crippen molar-refractivity contribution in [2.45, 2.75) is 0 Å². The summed E-state index contributed by atoms with van der Waals surface area (Å²) in [4.78, 5) is 11.7. The van der Waals surface area contributed by atoms with Crippen molar-refractivity contribution in [3.8, 4) is 16.8 Å². The minimum absolute atomic E-state index is 0.948. The van der Waals surface area contributed by atoms with E-state index in [-0.39, 0.29) is 0 Å². The van der Waals surface area contributed by atoms with Gasteiger partial charge in [0.1, 0.15) is 12.1 Å². The standard InChI is InChI=1S/C22H21N5/c1-3-7-17(8-4-1)19-15-27(18-9-5-2-6-10-18)22-20(19)21(24-16-25-22)26-13-11-23-12-14-26/h1-10,15-16,23H,11-14H2. The first-order chi connectivity index (χ1) is 13.4. The van der Waals surface area contributed by atoms with Gasteiger partial charge >= 0.3 is 0 Å². The van der Waals surface area contributed by atoms with Crippen molar-refractivity contribution in [3.05, 3.63) is 73.2 Å². The first-order valence-electron chi connectivity index (χ1n) is 9.34. The van der Waals surface area contributed by atoms with Crippen molar-refractivity contribution in [2.24, 2.45) is 0 Å². The molecule has 1 aliphatic heterocycles. The molecule has 0 aliphatic carbocycles. The Labute approximate surface area is 158 Å². The number of rotatable bonds is 3. The Morgan fingerprint density at radius 1 is 0.815 bits per heavy atom. The second kappa shape index (κ2) is 6.85. The van der Waals surface area contributed by atoms with Crippen LogP contribution in [0.1, 0.15) is 0 Å². The van der Waals surface area contributed by atoms with Crippen LogP contribution in [-0.2, 0) is 0 Å². The van der Waals surface area contributed by atoms with Crippen LogP contribution in [0.25, 0.3) is 27.8 Å². The van der Waals surface area contributed by atoms with E-state index in [1.807, 2.05) is 12.1 Å². The molecule has 27 heavy (non-hydrogen) atoms. The number of nitrogens with one attached hydrogen (secondary N) is 1. The lowest BCUT2D eigenvalue weighted by atomic mass is 10.1. The van der Waals surface area contributed by atoms with E-state index in [0.29, 0.717) is 0 Å². The van der Waals surface area contributed by atoms with E-state index in [9.17, 15) is 0 Å². The number of anilines is 1. The van der Waals surface area contributed by atoms with Crippen LogP contribution in [0, 0.1) is 0 Å². The molecule has 0 radical (unpaired) electrons. The van der Waals surface area contributed by atoms with Crippen molar-refractivity contribution in [1.82, 2.24) is 19.9 Å². The van der Waals surface area contributed by atoms with Gasteiger partial charge in [0.05, 0.1) is 5.39 Å². The topological polar surface area (TPSA) is 46.0 Å². The van der Waals surface area contributed by atoms with E-state index >= 15 is 0 Å². The number of hydrogen-bond acceptors (Lipinski definition) is 4. The summed E-state index contributed by atoms with van der Waals surface area (Å²) in [6, 6.07) is 20.9. The molecule has 0 saturated carbocycles. The van der Waals surface area contributed by atoms with Crippen molar-refractivity contribution in [2.75, 3.05) is 31.1 Å². The van der Waals surface area contributed by atoms with Gasteiger partial charge in [-0.2, -0.15) is 0 Å². The molecule has 0 spiro atoms. The van der Waals surface area contributed by atoms with E-state index in [1.165, 1.54) is 11.1 Å². The van der Waals surface area contributed by atoms with Gasteiger partial charge in [-0.05, 0) is 17.7 Å². The van der Waals surface area contributed by atoms with Gasteiger partial charge in [-0.1, -0.05) is 48.5 Å². The minimum atomic E-state index is 0.948. The highest BCUT2D eigenvalue weighted by molar-refractivity contribution is 6.02. The van der Waals surface area contributed by atoms with Crippen LogP contribution in [0.3, 0.4) is 0 Å². The van der Waals surface area contributed by atoms with Crippen LogP contribution >= 0.6 is 0 Å². The molecule has 0 unspecified atom stereocenters. The molecule has 0 amide bonds. The second-order valence-electron chi connectivity index (χ2n) is 6.75. The lowest BCUT2D eigenvalue weighted by Crippen LogP contribution is -2.44. The maximum Gasteiger partial charge on any atom is 0.150 e. The first kappa shape index (κ1) is 16.0. The van der Waals surface area contributed by atoms with Crippen LogP contribution < -0.4 is 10.2 Å². The van der Waals surface area contributed by atoms with E-state index in [4.69, 9.17) is 4.98 Å². The number of hydrogen-bond donors (Lipinski definition) is 1. The quantitative estimate of drug-likeness (QED) is 0.611. The second-order valence-corrected chi connectivity index (χ2v) is 6.75. The van der Waals surface area contributed by atoms with Crippen molar-refractivity contribution >= 4 is 16.9 Å². The smallest absolute Gasteiger partial charge is 0.150 e. The summed E-state index contributed by atoms with van der Waals surface area (Å²) < 4.78 is 2.17. The van der Waals surface area contributed by atoms with Crippen LogP contribution in [-0.4, -0.2) is 40.7 Å². The first-order valence-corrected chi connectivity index (χ1v) is 9.34. The molecule has 134 valence electrons. The number of nitrogens with zero attached hydrogens (tertiary/aromatic N) is 4. The summed E-state index contributed by atoms with van der Waals surface area (Å²) in [7, 11) is 0. The molecule has 3 heterocycles. The Morgan fingerprint density at radius 3 is 2.26 bits per heavy atom. The zero-order chi connectivity index (χ0) is 18.1. The molecular formula is C22H21N5. The fraction of sp³-hybridized carbons (Fsp3) is 0.182. The zero-order valence-electron chi connectivity index (χ0n) is 15.0. The van der Waals surface area contributed by atoms with E-state index < -0.39 is 0 Å². The number of fused-ring (bicyclic) bond motifs is 1. The van der Waals surface area contributed by atoms with Gasteiger partial charge in [-0.15, -0.1) is 0 Å². The van der Waals surface area contributed by atoms with Gasteiger partial charge in [0.2, 0.25) is 0 Å². The molecule has 2 aromatic heterocycles. The Balaban J connectivity index is 1.78. The summed E-state index contributed by atoms with van der Waals surface area (Å²) in [5.74, 6) is 1.02. The SMILES string of the molecule is c1ccc(-c2cn(-c3ccccc3)c3ncnc(N4CCNCC4)c23)cc1. The largest absolute Gasteiger partial charge is 0.353 e. The van der Waals surface area contributed by atoms with Crippen LogP contribution in [0.2, 0.25) is 0 Å². The Morgan fingerprint density at radius 2 is 1.52 bits per heavy atom. The number of aromatic nitrogens is 3. The summed E-state index contributed by atoms with van der Waals surface area (Å²) in [6.07, 6.45) is 3.88. The molecule has 2 aromatic carbocycles. The molecule has 1 aliphatic rings. The summed E-state index contributed by atoms with van der Waals surface area (Å²) in [5.41, 5.74) is 4.41. The number of para-hydroxylation sites is 1. The number of benzene rings is 2. The third kappa shape index (κ3) is 2.86. The third-order valence-electron chi connectivity index (χ3n) is 5.10. The van der Waals surface area contributed by atoms with Gasteiger partial charge in [-0.3, -0.25) is 0 Å². The van der Waals surface area contributed by atoms with Crippen molar-refractivity contribution < 1.29 is 0 Å². The number of piperazine rings is 1. The normalized spacial score (nSPS) is 14.6. The van der Waals surface area contributed by atoms with Gasteiger partial charge in [0, 0.05) is 43.6 Å². The van der Waals surface area contributed by atoms with Crippen molar-refractivity contribution in [1.29, 1.82) is 0 Å². The molecule has 0 atom stereocenters. The molecule has 5 nitrogen and oxygen atoms in total. The van der Waals surface area contributed by atoms with Gasteiger partial charge < -0.3 is 14.8 Å². The van der Waals surface area contributed by atoms with E-state index in [2.05, 4.69) is 74.5 Å². The Hall–Kier alpha value is -3.18. The molecule has 1 fully saturated rings. The lowest BCUT2D eigenvalue weighted by molar-refractivity contribution is 0.586. The minimum Gasteiger partial charge on any atom is -0.353 e. The molecule has 0 bridgehead atoms. The summed E-state index contributed by atoms with van der Waals surface area (Å²) >= 11 is 0. The Kier molecular flexibility index (Phi) is 4.07. The van der Waals surface area contributed by atoms with Gasteiger partial charge in [-0.25, -0.2) is 9.97 Å². The average molecular weight is 355 g/mol. The van der Waals surface area contributed by atoms with Crippen LogP contribution in [0.15, 0.2) is 73.2 Å². The van der Waals surface area contributed by atoms with Gasteiger partial charge in [0.15, 0.2) is 5.65 Å². The van der Waals surface area contributed by atoms with E-state index in [1.54, 1.807) is 6.33 Å². The highest BCUT2D eigenvalue weighted by Gasteiger charge is 2.21. The molecule has 4 aromatic rings. The molecular weight excluding hydrogens is 334 g/mol. The third-order valence-corrected chi connectivity index (χ3v) is 5.10. The summed E-state index contributed by atoms with van der Waals surface area (Å²) in [5, 5.41) is 4.54. The molecule has 5 rings (SSSR count). The maximum absolute atomic E-state index is 4.70. The van der Waals surface area contributed by atoms with Crippen LogP contribution in [0.4, 0.5) is 5.82 Å².